The van der Waals surface area contributed by atoms with Crippen LogP contribution in [0.3, 0.4) is 0 Å². The molecule has 1 aliphatic heterocycles. The van der Waals surface area contributed by atoms with E-state index in [1.54, 1.807) is 42.5 Å². The fourth-order valence-electron chi connectivity index (χ4n) is 3.61. The number of rotatable bonds is 6. The summed E-state index contributed by atoms with van der Waals surface area (Å²) < 4.78 is 6.20. The first kappa shape index (κ1) is 22.4. The van der Waals surface area contributed by atoms with Crippen LogP contribution in [0, 0.1) is 5.92 Å². The van der Waals surface area contributed by atoms with Gasteiger partial charge in [0.05, 0.1) is 11.8 Å². The predicted octanol–water partition coefficient (Wildman–Crippen LogP) is 3.65. The molecule has 4 rings (SSSR count). The maximum absolute atomic E-state index is 12.7. The standard InChI is InChI=1S/C25H20BrN3O4/c26-19-10-5-9-18(13-19)25(32)33-20-11-4-6-16(12-20)14-28-29-24(31)22-21(15-27-23(22)30)17-7-2-1-3-8-17/h1-14,21-22H,15H2,(H,27,30)(H,29,31)/b28-14+/t21-,22-/m1/s1. The van der Waals surface area contributed by atoms with E-state index in [4.69, 9.17) is 4.74 Å². The Morgan fingerprint density at radius 2 is 1.82 bits per heavy atom. The molecule has 0 aromatic heterocycles. The normalized spacial score (nSPS) is 17.5. The van der Waals surface area contributed by atoms with Crippen molar-refractivity contribution in [2.45, 2.75) is 5.92 Å². The van der Waals surface area contributed by atoms with Crippen molar-refractivity contribution in [3.05, 3.63) is 100 Å². The zero-order valence-electron chi connectivity index (χ0n) is 17.4. The number of hydrogen-bond acceptors (Lipinski definition) is 5. The van der Waals surface area contributed by atoms with Crippen molar-refractivity contribution in [3.63, 3.8) is 0 Å². The molecule has 0 spiro atoms. The SMILES string of the molecule is O=C(Oc1cccc(/C=N/NC(=O)[C@H]2C(=O)NC[C@@H]2c2ccccc2)c1)c1cccc(Br)c1. The summed E-state index contributed by atoms with van der Waals surface area (Å²) in [6.07, 6.45) is 1.43. The van der Waals surface area contributed by atoms with E-state index in [-0.39, 0.29) is 11.8 Å². The van der Waals surface area contributed by atoms with Gasteiger partial charge in [-0.25, -0.2) is 10.2 Å². The summed E-state index contributed by atoms with van der Waals surface area (Å²) in [6.45, 7) is 0.399. The lowest BCUT2D eigenvalue weighted by Gasteiger charge is -2.15. The van der Waals surface area contributed by atoms with Crippen molar-refractivity contribution in [3.8, 4) is 5.75 Å². The second-order valence-electron chi connectivity index (χ2n) is 7.45. The maximum atomic E-state index is 12.7. The minimum atomic E-state index is -0.859. The summed E-state index contributed by atoms with van der Waals surface area (Å²) in [4.78, 5) is 37.2. The highest BCUT2D eigenvalue weighted by molar-refractivity contribution is 9.10. The molecule has 7 nitrogen and oxygen atoms in total. The van der Waals surface area contributed by atoms with E-state index >= 15 is 0 Å². The van der Waals surface area contributed by atoms with Crippen molar-refractivity contribution < 1.29 is 19.1 Å². The number of amides is 2. The van der Waals surface area contributed by atoms with Crippen LogP contribution < -0.4 is 15.5 Å². The number of carbonyl (C=O) groups is 3. The Labute approximate surface area is 199 Å². The van der Waals surface area contributed by atoms with Crippen molar-refractivity contribution in [2.24, 2.45) is 11.0 Å². The predicted molar refractivity (Wildman–Crippen MR) is 127 cm³/mol. The lowest BCUT2D eigenvalue weighted by atomic mass is 9.88. The van der Waals surface area contributed by atoms with Gasteiger partial charge in [-0.3, -0.25) is 9.59 Å². The van der Waals surface area contributed by atoms with Crippen LogP contribution in [0.15, 0.2) is 88.4 Å². The zero-order chi connectivity index (χ0) is 23.2. The number of hydrazone groups is 1. The number of halogens is 1. The second kappa shape index (κ2) is 10.2. The molecule has 0 saturated carbocycles. The van der Waals surface area contributed by atoms with E-state index in [2.05, 4.69) is 31.8 Å². The molecular formula is C25H20BrN3O4. The van der Waals surface area contributed by atoms with Crippen molar-refractivity contribution >= 4 is 39.9 Å². The van der Waals surface area contributed by atoms with Crippen LogP contribution in [0.1, 0.15) is 27.4 Å². The third-order valence-electron chi connectivity index (χ3n) is 5.21. The Bertz CT molecular complexity index is 1210. The lowest BCUT2D eigenvalue weighted by molar-refractivity contribution is -0.133. The number of ether oxygens (including phenoxy) is 1. The first-order valence-corrected chi connectivity index (χ1v) is 11.0. The number of esters is 1. The molecule has 3 aromatic rings. The molecule has 2 amide bonds. The molecule has 0 bridgehead atoms. The van der Waals surface area contributed by atoms with E-state index in [9.17, 15) is 14.4 Å². The lowest BCUT2D eigenvalue weighted by Crippen LogP contribution is -2.34. The van der Waals surface area contributed by atoms with Gasteiger partial charge in [-0.2, -0.15) is 5.10 Å². The summed E-state index contributed by atoms with van der Waals surface area (Å²) in [5.74, 6) is -2.06. The second-order valence-corrected chi connectivity index (χ2v) is 8.36. The zero-order valence-corrected chi connectivity index (χ0v) is 19.0. The van der Waals surface area contributed by atoms with Crippen molar-refractivity contribution in [1.82, 2.24) is 10.7 Å². The Morgan fingerprint density at radius 3 is 2.61 bits per heavy atom. The number of carbonyl (C=O) groups excluding carboxylic acids is 3. The maximum Gasteiger partial charge on any atom is 0.343 e. The molecule has 0 unspecified atom stereocenters. The van der Waals surface area contributed by atoms with Crippen LogP contribution in [-0.4, -0.2) is 30.5 Å². The summed E-state index contributed by atoms with van der Waals surface area (Å²) in [6, 6.07) is 23.1. The van der Waals surface area contributed by atoms with Gasteiger partial charge in [0.2, 0.25) is 5.91 Å². The van der Waals surface area contributed by atoms with Crippen molar-refractivity contribution in [1.29, 1.82) is 0 Å². The largest absolute Gasteiger partial charge is 0.423 e. The van der Waals surface area contributed by atoms with Crippen LogP contribution >= 0.6 is 15.9 Å². The molecule has 1 saturated heterocycles. The third-order valence-corrected chi connectivity index (χ3v) is 5.70. The molecule has 166 valence electrons. The molecule has 2 N–H and O–H groups in total. The Kier molecular flexibility index (Phi) is 6.95. The summed E-state index contributed by atoms with van der Waals surface area (Å²) in [7, 11) is 0. The fraction of sp³-hybridized carbons (Fsp3) is 0.120. The molecule has 1 heterocycles. The molecular weight excluding hydrogens is 486 g/mol. The number of nitrogens with zero attached hydrogens (tertiary/aromatic N) is 1. The van der Waals surface area contributed by atoms with E-state index in [1.165, 1.54) is 6.21 Å². The van der Waals surface area contributed by atoms with Crippen LogP contribution in [0.5, 0.6) is 5.75 Å². The number of nitrogens with one attached hydrogen (secondary N) is 2. The average molecular weight is 506 g/mol. The summed E-state index contributed by atoms with van der Waals surface area (Å²) in [5.41, 5.74) is 4.40. The first-order chi connectivity index (χ1) is 16.0. The molecule has 1 aliphatic rings. The first-order valence-electron chi connectivity index (χ1n) is 10.2. The van der Waals surface area contributed by atoms with Crippen LogP contribution in [0.4, 0.5) is 0 Å². The van der Waals surface area contributed by atoms with E-state index in [0.717, 1.165) is 10.0 Å². The van der Waals surface area contributed by atoms with E-state index in [0.29, 0.717) is 23.4 Å². The van der Waals surface area contributed by atoms with Gasteiger partial charge in [-0.05, 0) is 41.5 Å². The Hall–Kier alpha value is -3.78. The quantitative estimate of drug-likeness (QED) is 0.175. The highest BCUT2D eigenvalue weighted by atomic mass is 79.9. The van der Waals surface area contributed by atoms with Gasteiger partial charge in [0, 0.05) is 16.9 Å². The van der Waals surface area contributed by atoms with Gasteiger partial charge in [0.25, 0.3) is 5.91 Å². The molecule has 1 fully saturated rings. The van der Waals surface area contributed by atoms with E-state index in [1.807, 2.05) is 36.4 Å². The Morgan fingerprint density at radius 1 is 1.03 bits per heavy atom. The Balaban J connectivity index is 1.39. The van der Waals surface area contributed by atoms with Crippen LogP contribution in [-0.2, 0) is 9.59 Å². The minimum absolute atomic E-state index is 0.255. The highest BCUT2D eigenvalue weighted by Gasteiger charge is 2.40. The van der Waals surface area contributed by atoms with Gasteiger partial charge in [0.1, 0.15) is 11.7 Å². The molecule has 8 heteroatoms. The third kappa shape index (κ3) is 5.53. The van der Waals surface area contributed by atoms with E-state index < -0.39 is 17.8 Å². The molecule has 0 aliphatic carbocycles. The molecule has 3 aromatic carbocycles. The average Bonchev–Trinajstić information content (AvgIpc) is 3.21. The molecule has 33 heavy (non-hydrogen) atoms. The van der Waals surface area contributed by atoms with Gasteiger partial charge in [-0.15, -0.1) is 0 Å². The topological polar surface area (TPSA) is 96.9 Å². The molecule has 0 radical (unpaired) electrons. The fourth-order valence-corrected chi connectivity index (χ4v) is 4.01. The van der Waals surface area contributed by atoms with Gasteiger partial charge in [-0.1, -0.05) is 64.5 Å². The number of hydrogen-bond donors (Lipinski definition) is 2. The van der Waals surface area contributed by atoms with Crippen LogP contribution in [0.25, 0.3) is 0 Å². The minimum Gasteiger partial charge on any atom is -0.423 e. The van der Waals surface area contributed by atoms with Crippen LogP contribution in [0.2, 0.25) is 0 Å². The van der Waals surface area contributed by atoms with Gasteiger partial charge in [0.15, 0.2) is 0 Å². The highest BCUT2D eigenvalue weighted by Crippen LogP contribution is 2.29. The summed E-state index contributed by atoms with van der Waals surface area (Å²) in [5, 5.41) is 6.73. The number of benzene rings is 3. The molecule has 2 atom stereocenters. The van der Waals surface area contributed by atoms with Gasteiger partial charge < -0.3 is 10.1 Å². The smallest absolute Gasteiger partial charge is 0.343 e. The summed E-state index contributed by atoms with van der Waals surface area (Å²) >= 11 is 3.33. The monoisotopic (exact) mass is 505 g/mol. The van der Waals surface area contributed by atoms with Gasteiger partial charge >= 0.3 is 5.97 Å². The van der Waals surface area contributed by atoms with Crippen molar-refractivity contribution in [2.75, 3.05) is 6.54 Å².